The van der Waals surface area contributed by atoms with E-state index in [4.69, 9.17) is 0 Å². The number of hydrogen-bond donors (Lipinski definition) is 2. The van der Waals surface area contributed by atoms with Crippen molar-refractivity contribution in [2.45, 2.75) is 76.4 Å². The minimum Gasteiger partial charge on any atom is -0.317 e. The van der Waals surface area contributed by atoms with E-state index in [0.29, 0.717) is 12.5 Å². The summed E-state index contributed by atoms with van der Waals surface area (Å²) in [5.41, 5.74) is 0.145. The van der Waals surface area contributed by atoms with E-state index < -0.39 is 0 Å². The first kappa shape index (κ1) is 20.1. The number of nitrogens with zero attached hydrogens (tertiary/aromatic N) is 3. The summed E-state index contributed by atoms with van der Waals surface area (Å²) >= 11 is 0. The molecule has 2 N–H and O–H groups in total. The first-order chi connectivity index (χ1) is 12.6. The largest absolute Gasteiger partial charge is 0.317 e. The smallest absolute Gasteiger partial charge is 0.0642 e. The van der Waals surface area contributed by atoms with Crippen molar-refractivity contribution < 1.29 is 0 Å². The summed E-state index contributed by atoms with van der Waals surface area (Å²) < 4.78 is 0. The lowest BCUT2D eigenvalue weighted by Gasteiger charge is -2.57. The van der Waals surface area contributed by atoms with E-state index in [2.05, 4.69) is 40.4 Å². The predicted molar refractivity (Wildman–Crippen MR) is 107 cm³/mol. The molecule has 1 aliphatic carbocycles. The van der Waals surface area contributed by atoms with Crippen molar-refractivity contribution in [3.63, 3.8) is 0 Å². The van der Waals surface area contributed by atoms with Crippen molar-refractivity contribution in [3.8, 4) is 6.07 Å². The zero-order valence-corrected chi connectivity index (χ0v) is 17.0. The van der Waals surface area contributed by atoms with Gasteiger partial charge in [0.15, 0.2) is 0 Å². The minimum absolute atomic E-state index is 0.145. The van der Waals surface area contributed by atoms with Gasteiger partial charge in [0, 0.05) is 38.3 Å². The van der Waals surface area contributed by atoms with E-state index in [1.165, 1.54) is 58.2 Å². The molecule has 0 aromatic rings. The highest BCUT2D eigenvalue weighted by Gasteiger charge is 2.48. The molecule has 3 rings (SSSR count). The summed E-state index contributed by atoms with van der Waals surface area (Å²) in [4.78, 5) is 5.22. The molecule has 2 aliphatic heterocycles. The number of likely N-dealkylation sites (tertiary alicyclic amines) is 2. The highest BCUT2D eigenvalue weighted by atomic mass is 15.4. The highest BCUT2D eigenvalue weighted by molar-refractivity contribution is 5.09. The molecule has 0 aromatic heterocycles. The fraction of sp³-hybridized carbons (Fsp3) is 0.952. The van der Waals surface area contributed by atoms with Crippen LogP contribution in [0.4, 0.5) is 0 Å². The van der Waals surface area contributed by atoms with Crippen LogP contribution in [0.15, 0.2) is 0 Å². The maximum atomic E-state index is 9.39. The molecule has 148 valence electrons. The van der Waals surface area contributed by atoms with Gasteiger partial charge in [-0.2, -0.15) is 5.26 Å². The van der Waals surface area contributed by atoms with Gasteiger partial charge < -0.3 is 10.6 Å². The SMILES string of the molecule is CCNCCC(C)CCN1CC(CC#N)(N2CCC(NC3CC3)CC2)C1. The van der Waals surface area contributed by atoms with Crippen LogP contribution >= 0.6 is 0 Å². The molecule has 5 heteroatoms. The Labute approximate surface area is 160 Å². The van der Waals surface area contributed by atoms with Crippen LogP contribution in [-0.2, 0) is 0 Å². The van der Waals surface area contributed by atoms with Gasteiger partial charge in [-0.25, -0.2) is 0 Å². The topological polar surface area (TPSA) is 54.3 Å². The lowest BCUT2D eigenvalue weighted by molar-refractivity contribution is -0.0649. The number of nitrogens with one attached hydrogen (secondary N) is 2. The molecule has 0 radical (unpaired) electrons. The second-order valence-electron chi connectivity index (χ2n) is 9.01. The van der Waals surface area contributed by atoms with E-state index in [9.17, 15) is 5.26 Å². The van der Waals surface area contributed by atoms with Crippen molar-refractivity contribution in [1.29, 1.82) is 5.26 Å². The Morgan fingerprint density at radius 2 is 1.81 bits per heavy atom. The number of piperidine rings is 1. The average Bonchev–Trinajstić information content (AvgIpc) is 3.42. The van der Waals surface area contributed by atoms with Gasteiger partial charge >= 0.3 is 0 Å². The van der Waals surface area contributed by atoms with E-state index in [1.807, 2.05) is 0 Å². The fourth-order valence-electron chi connectivity index (χ4n) is 4.69. The molecule has 2 heterocycles. The zero-order valence-electron chi connectivity index (χ0n) is 17.0. The molecule has 0 aromatic carbocycles. The Morgan fingerprint density at radius 1 is 1.12 bits per heavy atom. The molecule has 2 saturated heterocycles. The number of nitriles is 1. The van der Waals surface area contributed by atoms with Crippen molar-refractivity contribution in [2.75, 3.05) is 45.8 Å². The van der Waals surface area contributed by atoms with Crippen molar-refractivity contribution in [3.05, 3.63) is 0 Å². The summed E-state index contributed by atoms with van der Waals surface area (Å²) in [6.45, 7) is 12.5. The predicted octanol–water partition coefficient (Wildman–Crippen LogP) is 2.20. The third-order valence-electron chi connectivity index (χ3n) is 6.66. The Balaban J connectivity index is 1.38. The van der Waals surface area contributed by atoms with E-state index in [1.54, 1.807) is 0 Å². The summed E-state index contributed by atoms with van der Waals surface area (Å²) in [7, 11) is 0. The number of hydrogen-bond acceptors (Lipinski definition) is 5. The van der Waals surface area contributed by atoms with Gasteiger partial charge in [-0.3, -0.25) is 9.80 Å². The maximum Gasteiger partial charge on any atom is 0.0642 e. The van der Waals surface area contributed by atoms with Crippen LogP contribution in [0.25, 0.3) is 0 Å². The Hall–Kier alpha value is -0.670. The molecule has 3 fully saturated rings. The van der Waals surface area contributed by atoms with Crippen molar-refractivity contribution in [2.24, 2.45) is 5.92 Å². The zero-order chi connectivity index (χ0) is 18.4. The molecular formula is C21H39N5. The Bertz CT molecular complexity index is 456. The normalized spacial score (nSPS) is 25.6. The Morgan fingerprint density at radius 3 is 2.42 bits per heavy atom. The van der Waals surface area contributed by atoms with Crippen LogP contribution in [0.5, 0.6) is 0 Å². The van der Waals surface area contributed by atoms with E-state index in [0.717, 1.165) is 38.1 Å². The molecule has 3 aliphatic rings. The van der Waals surface area contributed by atoms with Gasteiger partial charge in [-0.15, -0.1) is 0 Å². The lowest BCUT2D eigenvalue weighted by atomic mass is 9.82. The molecule has 1 atom stereocenters. The van der Waals surface area contributed by atoms with Crippen LogP contribution in [0.1, 0.15) is 58.8 Å². The molecule has 26 heavy (non-hydrogen) atoms. The number of rotatable bonds is 11. The van der Waals surface area contributed by atoms with Crippen LogP contribution in [0.2, 0.25) is 0 Å². The molecule has 1 saturated carbocycles. The summed E-state index contributed by atoms with van der Waals surface area (Å²) in [6.07, 6.45) is 8.51. The van der Waals surface area contributed by atoms with Gasteiger partial charge in [0.25, 0.3) is 0 Å². The molecule has 0 bridgehead atoms. The monoisotopic (exact) mass is 361 g/mol. The van der Waals surface area contributed by atoms with Crippen LogP contribution in [0.3, 0.4) is 0 Å². The fourth-order valence-corrected chi connectivity index (χ4v) is 4.69. The van der Waals surface area contributed by atoms with Crippen molar-refractivity contribution >= 4 is 0 Å². The molecule has 0 amide bonds. The molecular weight excluding hydrogens is 322 g/mol. The van der Waals surface area contributed by atoms with Crippen LogP contribution in [-0.4, -0.2) is 73.2 Å². The third kappa shape index (κ3) is 5.42. The first-order valence-electron chi connectivity index (χ1n) is 11.0. The lowest BCUT2D eigenvalue weighted by Crippen LogP contribution is -2.71. The van der Waals surface area contributed by atoms with Gasteiger partial charge in [0.05, 0.1) is 18.0 Å². The summed E-state index contributed by atoms with van der Waals surface area (Å²) in [5, 5.41) is 16.6. The average molecular weight is 362 g/mol. The Kier molecular flexibility index (Phi) is 7.34. The van der Waals surface area contributed by atoms with Crippen LogP contribution in [0, 0.1) is 17.2 Å². The van der Waals surface area contributed by atoms with E-state index in [-0.39, 0.29) is 5.54 Å². The summed E-state index contributed by atoms with van der Waals surface area (Å²) in [5.74, 6) is 0.782. The van der Waals surface area contributed by atoms with Gasteiger partial charge in [0.2, 0.25) is 0 Å². The quantitative estimate of drug-likeness (QED) is 0.553. The first-order valence-corrected chi connectivity index (χ1v) is 11.0. The molecule has 1 unspecified atom stereocenters. The van der Waals surface area contributed by atoms with E-state index >= 15 is 0 Å². The van der Waals surface area contributed by atoms with Crippen LogP contribution < -0.4 is 10.6 Å². The molecule has 0 spiro atoms. The second-order valence-corrected chi connectivity index (χ2v) is 9.01. The van der Waals surface area contributed by atoms with Gasteiger partial charge in [-0.1, -0.05) is 13.8 Å². The van der Waals surface area contributed by atoms with Crippen molar-refractivity contribution in [1.82, 2.24) is 20.4 Å². The third-order valence-corrected chi connectivity index (χ3v) is 6.66. The highest BCUT2D eigenvalue weighted by Crippen LogP contribution is 2.34. The van der Waals surface area contributed by atoms with Gasteiger partial charge in [-0.05, 0) is 64.1 Å². The maximum absolute atomic E-state index is 9.39. The van der Waals surface area contributed by atoms with Gasteiger partial charge in [0.1, 0.15) is 0 Å². The standard InChI is InChI=1S/C21H39N5/c1-3-23-12-6-18(2)7-13-25-16-21(17-25,10-11-22)26-14-8-20(9-15-26)24-19-4-5-19/h18-20,23-24H,3-10,12-17H2,1-2H3. The summed E-state index contributed by atoms with van der Waals surface area (Å²) in [6, 6.07) is 4.02. The molecule has 5 nitrogen and oxygen atoms in total. The second kappa shape index (κ2) is 9.50. The minimum atomic E-state index is 0.145.